The number of nitrogens with zero attached hydrogens (tertiary/aromatic N) is 2. The third-order valence-electron chi connectivity index (χ3n) is 10.4. The van der Waals surface area contributed by atoms with Gasteiger partial charge in [-0.05, 0) is 76.0 Å². The van der Waals surface area contributed by atoms with Crippen LogP contribution < -0.4 is 10.2 Å². The largest absolute Gasteiger partial charge is 0.455 e. The lowest BCUT2D eigenvalue weighted by atomic mass is 9.70. The van der Waals surface area contributed by atoms with Crippen LogP contribution >= 0.6 is 0 Å². The fourth-order valence-corrected chi connectivity index (χ4v) is 8.25. The summed E-state index contributed by atoms with van der Waals surface area (Å²) in [5, 5.41) is 12.4. The molecule has 3 fully saturated rings. The highest BCUT2D eigenvalue weighted by molar-refractivity contribution is 6.05. The number of benzene rings is 2. The van der Waals surface area contributed by atoms with Gasteiger partial charge < -0.3 is 29.7 Å². The highest BCUT2D eigenvalue weighted by Gasteiger charge is 2.75. The van der Waals surface area contributed by atoms with Crippen LogP contribution in [0.15, 0.2) is 73.8 Å². The van der Waals surface area contributed by atoms with Crippen molar-refractivity contribution in [2.75, 3.05) is 24.6 Å². The Morgan fingerprint density at radius 3 is 2.46 bits per heavy atom. The molecule has 3 heterocycles. The first-order chi connectivity index (χ1) is 24.1. The van der Waals surface area contributed by atoms with Crippen molar-refractivity contribution in [2.24, 2.45) is 11.8 Å². The van der Waals surface area contributed by atoms with Gasteiger partial charge >= 0.3 is 5.97 Å². The Hall–Kier alpha value is -4.28. The van der Waals surface area contributed by atoms with E-state index in [1.54, 1.807) is 28.9 Å². The topological polar surface area (TPSA) is 125 Å². The quantitative estimate of drug-likeness (QED) is 0.135. The number of ether oxygens (including phenoxy) is 2. The summed E-state index contributed by atoms with van der Waals surface area (Å²) in [6, 6.07) is 13.6. The SMILES string of the molecule is C=CCCC(=O)N[C@H](C)[C@@H](OC(=O)[C@@H]1[C@H]2C(=O)N(CCCCCO)[C@H](C(=O)N(CC=C)c3c(C)cccc3C)[C@]23CC[C@H]1O3)c1ccccc1. The molecule has 10 nitrogen and oxygen atoms in total. The molecule has 2 bridgehead atoms. The van der Waals surface area contributed by atoms with E-state index in [0.717, 1.165) is 16.8 Å². The number of aliphatic hydroxyl groups is 1. The van der Waals surface area contributed by atoms with Crippen LogP contribution in [0, 0.1) is 25.7 Å². The lowest BCUT2D eigenvalue weighted by Crippen LogP contribution is -2.56. The van der Waals surface area contributed by atoms with E-state index >= 15 is 0 Å². The number of nitrogens with one attached hydrogen (secondary N) is 1. The Balaban J connectivity index is 1.49. The number of allylic oxidation sites excluding steroid dienone is 1. The molecule has 50 heavy (non-hydrogen) atoms. The number of para-hydroxylation sites is 1. The van der Waals surface area contributed by atoms with E-state index in [9.17, 15) is 24.3 Å². The van der Waals surface area contributed by atoms with Crippen molar-refractivity contribution in [1.29, 1.82) is 0 Å². The van der Waals surface area contributed by atoms with Crippen LogP contribution in [0.2, 0.25) is 0 Å². The van der Waals surface area contributed by atoms with E-state index in [2.05, 4.69) is 18.5 Å². The Morgan fingerprint density at radius 2 is 1.80 bits per heavy atom. The molecule has 2 aromatic carbocycles. The molecule has 0 aliphatic carbocycles. The van der Waals surface area contributed by atoms with Crippen LogP contribution in [0.1, 0.15) is 74.7 Å². The van der Waals surface area contributed by atoms with Gasteiger partial charge in [0, 0.05) is 31.8 Å². The Bertz CT molecular complexity index is 1560. The number of anilines is 1. The summed E-state index contributed by atoms with van der Waals surface area (Å²) in [6.45, 7) is 13.9. The molecular formula is C40H51N3O7. The smallest absolute Gasteiger partial charge is 0.313 e. The third kappa shape index (κ3) is 7.14. The van der Waals surface area contributed by atoms with Gasteiger partial charge in [0.25, 0.3) is 5.91 Å². The summed E-state index contributed by atoms with van der Waals surface area (Å²) >= 11 is 0. The van der Waals surface area contributed by atoms with Gasteiger partial charge in [0.1, 0.15) is 17.7 Å². The van der Waals surface area contributed by atoms with Gasteiger partial charge in [-0.3, -0.25) is 19.2 Å². The predicted molar refractivity (Wildman–Crippen MR) is 191 cm³/mol. The second-order valence-electron chi connectivity index (χ2n) is 13.8. The van der Waals surface area contributed by atoms with Crippen molar-refractivity contribution in [3.63, 3.8) is 0 Å². The summed E-state index contributed by atoms with van der Waals surface area (Å²) in [5.41, 5.74) is 2.11. The molecule has 268 valence electrons. The highest BCUT2D eigenvalue weighted by atomic mass is 16.6. The third-order valence-corrected chi connectivity index (χ3v) is 10.4. The van der Waals surface area contributed by atoms with Gasteiger partial charge in [-0.1, -0.05) is 60.7 Å². The fraction of sp³-hybridized carbons (Fsp3) is 0.500. The molecule has 0 unspecified atom stereocenters. The van der Waals surface area contributed by atoms with Gasteiger partial charge in [-0.2, -0.15) is 0 Å². The number of fused-ring (bicyclic) bond motifs is 1. The van der Waals surface area contributed by atoms with E-state index in [-0.39, 0.29) is 37.3 Å². The Kier molecular flexibility index (Phi) is 12.0. The molecule has 3 aliphatic heterocycles. The second kappa shape index (κ2) is 16.2. The molecule has 3 amide bonds. The molecule has 7 atom stereocenters. The zero-order chi connectivity index (χ0) is 36.0. The van der Waals surface area contributed by atoms with Crippen LogP contribution in [0.3, 0.4) is 0 Å². The van der Waals surface area contributed by atoms with Gasteiger partial charge in [-0.15, -0.1) is 13.2 Å². The molecule has 0 saturated carbocycles. The number of likely N-dealkylation sites (tertiary alicyclic amines) is 1. The normalized spacial score (nSPS) is 24.7. The number of esters is 1. The van der Waals surface area contributed by atoms with Crippen molar-refractivity contribution >= 4 is 29.4 Å². The minimum absolute atomic E-state index is 0.0387. The minimum Gasteiger partial charge on any atom is -0.455 e. The monoisotopic (exact) mass is 685 g/mol. The lowest BCUT2D eigenvalue weighted by molar-refractivity contribution is -0.162. The first-order valence-corrected chi connectivity index (χ1v) is 17.8. The van der Waals surface area contributed by atoms with E-state index in [4.69, 9.17) is 9.47 Å². The average Bonchev–Trinajstić information content (AvgIpc) is 3.75. The maximum atomic E-state index is 14.9. The summed E-state index contributed by atoms with van der Waals surface area (Å²) in [5.74, 6) is -3.16. The number of aryl methyl sites for hydroxylation is 2. The highest BCUT2D eigenvalue weighted by Crippen LogP contribution is 2.59. The molecular weight excluding hydrogens is 634 g/mol. The number of unbranched alkanes of at least 4 members (excludes halogenated alkanes) is 2. The van der Waals surface area contributed by atoms with Crippen molar-refractivity contribution in [3.8, 4) is 0 Å². The van der Waals surface area contributed by atoms with Gasteiger partial charge in [0.2, 0.25) is 11.8 Å². The van der Waals surface area contributed by atoms with Crippen molar-refractivity contribution < 1.29 is 33.8 Å². The van der Waals surface area contributed by atoms with Crippen molar-refractivity contribution in [2.45, 2.75) is 95.6 Å². The summed E-state index contributed by atoms with van der Waals surface area (Å²) in [7, 11) is 0. The van der Waals surface area contributed by atoms with Crippen LogP contribution in [-0.2, 0) is 28.7 Å². The molecule has 3 aliphatic rings. The zero-order valence-corrected chi connectivity index (χ0v) is 29.5. The van der Waals surface area contributed by atoms with E-state index in [0.29, 0.717) is 50.6 Å². The number of amides is 3. The molecule has 0 radical (unpaired) electrons. The molecule has 2 N–H and O–H groups in total. The van der Waals surface area contributed by atoms with Crippen LogP contribution in [0.4, 0.5) is 5.69 Å². The molecule has 1 spiro atoms. The summed E-state index contributed by atoms with van der Waals surface area (Å²) < 4.78 is 13.0. The van der Waals surface area contributed by atoms with Crippen molar-refractivity contribution in [3.05, 3.63) is 90.5 Å². The number of rotatable bonds is 17. The standard InChI is InChI=1S/C40H51N3O7/c1-6-8-20-31(45)41-28(5)35(29-18-11-9-12-19-29)49-39(48)32-30-21-22-40(50-30)33(32)37(46)43(24-13-10-14-25-44)36(40)38(47)42(23-7-2)34-26(3)16-15-17-27(34)4/h6-7,9,11-12,15-19,28,30,32-33,35-36,44H,1-2,8,10,13-14,20-25H2,3-5H3,(H,41,45)/t28-,30-,32+,33+,35-,36-,40+/m1/s1. The number of hydrogen-bond acceptors (Lipinski definition) is 7. The van der Waals surface area contributed by atoms with Gasteiger partial charge in [0.05, 0.1) is 24.0 Å². The molecule has 10 heteroatoms. The number of aliphatic hydroxyl groups excluding tert-OH is 1. The molecule has 5 rings (SSSR count). The zero-order valence-electron chi connectivity index (χ0n) is 29.5. The summed E-state index contributed by atoms with van der Waals surface area (Å²) in [6.07, 6.45) is 5.52. The Morgan fingerprint density at radius 1 is 1.08 bits per heavy atom. The Labute approximate surface area is 295 Å². The maximum absolute atomic E-state index is 14.9. The van der Waals surface area contributed by atoms with Gasteiger partial charge in [0.15, 0.2) is 0 Å². The number of carbonyl (C=O) groups excluding carboxylic acids is 4. The van der Waals surface area contributed by atoms with Crippen LogP contribution in [0.25, 0.3) is 0 Å². The van der Waals surface area contributed by atoms with Crippen LogP contribution in [0.5, 0.6) is 0 Å². The average molecular weight is 686 g/mol. The summed E-state index contributed by atoms with van der Waals surface area (Å²) in [4.78, 5) is 59.8. The lowest BCUT2D eigenvalue weighted by Gasteiger charge is -2.37. The van der Waals surface area contributed by atoms with E-state index in [1.807, 2.05) is 62.4 Å². The maximum Gasteiger partial charge on any atom is 0.313 e. The van der Waals surface area contributed by atoms with E-state index < -0.39 is 47.7 Å². The van der Waals surface area contributed by atoms with Crippen molar-refractivity contribution in [1.82, 2.24) is 10.2 Å². The second-order valence-corrected chi connectivity index (χ2v) is 13.8. The molecule has 3 saturated heterocycles. The molecule has 2 aromatic rings. The van der Waals surface area contributed by atoms with E-state index in [1.165, 1.54) is 0 Å². The fourth-order valence-electron chi connectivity index (χ4n) is 8.25. The predicted octanol–water partition coefficient (Wildman–Crippen LogP) is 5.12. The van der Waals surface area contributed by atoms with Crippen LogP contribution in [-0.4, -0.2) is 77.2 Å². The number of carbonyl (C=O) groups is 4. The number of hydrogen-bond donors (Lipinski definition) is 2. The minimum atomic E-state index is -1.21. The van der Waals surface area contributed by atoms with Gasteiger partial charge in [-0.25, -0.2) is 0 Å². The first-order valence-electron chi connectivity index (χ1n) is 17.8. The molecule has 0 aromatic heterocycles. The first kappa shape index (κ1) is 37.0.